The second-order valence-electron chi connectivity index (χ2n) is 7.78. The number of anilines is 1. The Morgan fingerprint density at radius 1 is 1.07 bits per heavy atom. The molecule has 1 atom stereocenters. The van der Waals surface area contributed by atoms with Gasteiger partial charge < -0.3 is 4.90 Å². The molecule has 1 aromatic carbocycles. The van der Waals surface area contributed by atoms with Gasteiger partial charge in [0.05, 0.1) is 10.3 Å². The Morgan fingerprint density at radius 3 is 2.52 bits per heavy atom. The normalized spacial score (nSPS) is 22.1. The molecular weight excluding hydrogens is 394 g/mol. The standard InChI is InChI=1S/C19H25N5O4S/c1-15-3-2-8-23(14-15)29(27,28)22-11-9-21(10-12-22)18-4-5-19(24(25)26)17-13-20-7-6-16(17)18/h4-7,13,15H,2-3,8-12,14H2,1H3/t15-/m0/s1. The zero-order chi connectivity index (χ0) is 20.6. The summed E-state index contributed by atoms with van der Waals surface area (Å²) in [5.74, 6) is 0.389. The fourth-order valence-electron chi connectivity index (χ4n) is 4.27. The smallest absolute Gasteiger partial charge is 0.282 e. The topological polar surface area (TPSA) is 99.9 Å². The zero-order valence-electron chi connectivity index (χ0n) is 16.4. The van der Waals surface area contributed by atoms with E-state index in [1.54, 1.807) is 26.9 Å². The molecule has 29 heavy (non-hydrogen) atoms. The van der Waals surface area contributed by atoms with Crippen LogP contribution in [0.5, 0.6) is 0 Å². The van der Waals surface area contributed by atoms with Crippen LogP contribution in [0.3, 0.4) is 0 Å². The van der Waals surface area contributed by atoms with Gasteiger partial charge in [-0.15, -0.1) is 0 Å². The summed E-state index contributed by atoms with van der Waals surface area (Å²) in [4.78, 5) is 17.0. The third-order valence-electron chi connectivity index (χ3n) is 5.82. The quantitative estimate of drug-likeness (QED) is 0.557. The van der Waals surface area contributed by atoms with Gasteiger partial charge in [0.2, 0.25) is 0 Å². The predicted octanol–water partition coefficient (Wildman–Crippen LogP) is 2.24. The van der Waals surface area contributed by atoms with Crippen molar-refractivity contribution >= 4 is 32.4 Å². The molecule has 0 spiro atoms. The first-order valence-electron chi connectivity index (χ1n) is 9.89. The average Bonchev–Trinajstić information content (AvgIpc) is 2.73. The monoisotopic (exact) mass is 419 g/mol. The lowest BCUT2D eigenvalue weighted by Crippen LogP contribution is -2.54. The molecule has 2 aliphatic rings. The van der Waals surface area contributed by atoms with Crippen LogP contribution in [0, 0.1) is 16.0 Å². The van der Waals surface area contributed by atoms with E-state index in [2.05, 4.69) is 16.8 Å². The first-order chi connectivity index (χ1) is 13.9. The molecule has 0 bridgehead atoms. The number of piperazine rings is 1. The van der Waals surface area contributed by atoms with E-state index in [1.165, 1.54) is 12.3 Å². The molecule has 2 aliphatic heterocycles. The summed E-state index contributed by atoms with van der Waals surface area (Å²) in [6.45, 7) is 5.15. The highest BCUT2D eigenvalue weighted by molar-refractivity contribution is 7.86. The van der Waals surface area contributed by atoms with Crippen LogP contribution in [0.4, 0.5) is 11.4 Å². The van der Waals surface area contributed by atoms with E-state index in [1.807, 2.05) is 0 Å². The molecule has 0 saturated carbocycles. The number of non-ortho nitro benzene ring substituents is 1. The second-order valence-corrected chi connectivity index (χ2v) is 9.71. The summed E-state index contributed by atoms with van der Waals surface area (Å²) in [5, 5.41) is 12.6. The maximum Gasteiger partial charge on any atom is 0.282 e. The van der Waals surface area contributed by atoms with Crippen molar-refractivity contribution in [3.63, 3.8) is 0 Å². The number of hydrogen-bond donors (Lipinski definition) is 0. The van der Waals surface area contributed by atoms with E-state index in [-0.39, 0.29) is 5.69 Å². The minimum atomic E-state index is -3.44. The number of fused-ring (bicyclic) bond motifs is 1. The van der Waals surface area contributed by atoms with Crippen molar-refractivity contribution in [3.05, 3.63) is 40.7 Å². The summed E-state index contributed by atoms with van der Waals surface area (Å²) in [5.41, 5.74) is 0.897. The summed E-state index contributed by atoms with van der Waals surface area (Å²) in [6.07, 6.45) is 5.11. The number of hydrogen-bond acceptors (Lipinski definition) is 6. The number of rotatable bonds is 4. The molecule has 0 radical (unpaired) electrons. The minimum Gasteiger partial charge on any atom is -0.368 e. The SMILES string of the molecule is C[C@H]1CCCN(S(=O)(=O)N2CCN(c3ccc([N+](=O)[O-])c4cnccc34)CC2)C1. The molecule has 9 nitrogen and oxygen atoms in total. The van der Waals surface area contributed by atoms with Gasteiger partial charge in [-0.05, 0) is 30.9 Å². The van der Waals surface area contributed by atoms with Gasteiger partial charge in [0.25, 0.3) is 15.9 Å². The number of benzene rings is 1. The Morgan fingerprint density at radius 2 is 1.83 bits per heavy atom. The number of nitro groups is 1. The van der Waals surface area contributed by atoms with E-state index in [0.717, 1.165) is 23.9 Å². The van der Waals surface area contributed by atoms with Crippen LogP contribution in [0.15, 0.2) is 30.6 Å². The van der Waals surface area contributed by atoms with Gasteiger partial charge in [0.1, 0.15) is 0 Å². The molecule has 1 aromatic heterocycles. The highest BCUT2D eigenvalue weighted by Gasteiger charge is 2.34. The lowest BCUT2D eigenvalue weighted by atomic mass is 10.0. The third kappa shape index (κ3) is 3.79. The fraction of sp³-hybridized carbons (Fsp3) is 0.526. The summed E-state index contributed by atoms with van der Waals surface area (Å²) in [7, 11) is -3.44. The zero-order valence-corrected chi connectivity index (χ0v) is 17.2. The Hall–Kier alpha value is -2.30. The molecule has 2 aromatic rings. The highest BCUT2D eigenvalue weighted by atomic mass is 32.2. The molecule has 156 valence electrons. The van der Waals surface area contributed by atoms with Gasteiger partial charge in [-0.3, -0.25) is 15.1 Å². The van der Waals surface area contributed by atoms with E-state index in [4.69, 9.17) is 0 Å². The average molecular weight is 420 g/mol. The summed E-state index contributed by atoms with van der Waals surface area (Å²) >= 11 is 0. The molecule has 0 N–H and O–H groups in total. The van der Waals surface area contributed by atoms with Gasteiger partial charge in [0.15, 0.2) is 0 Å². The van der Waals surface area contributed by atoms with E-state index in [9.17, 15) is 18.5 Å². The molecule has 2 fully saturated rings. The Bertz CT molecular complexity index is 1020. The van der Waals surface area contributed by atoms with Crippen molar-refractivity contribution < 1.29 is 13.3 Å². The molecule has 0 aliphatic carbocycles. The van der Waals surface area contributed by atoms with Crippen molar-refractivity contribution in [1.82, 2.24) is 13.6 Å². The largest absolute Gasteiger partial charge is 0.368 e. The first-order valence-corrected chi connectivity index (χ1v) is 11.3. The number of nitro benzene ring substituents is 1. The van der Waals surface area contributed by atoms with Crippen LogP contribution in [0.1, 0.15) is 19.8 Å². The molecular formula is C19H25N5O4S. The van der Waals surface area contributed by atoms with Crippen LogP contribution < -0.4 is 4.90 Å². The van der Waals surface area contributed by atoms with E-state index in [0.29, 0.717) is 50.6 Å². The highest BCUT2D eigenvalue weighted by Crippen LogP contribution is 2.33. The van der Waals surface area contributed by atoms with Gasteiger partial charge in [-0.1, -0.05) is 6.92 Å². The maximum absolute atomic E-state index is 13.0. The van der Waals surface area contributed by atoms with Crippen LogP contribution >= 0.6 is 0 Å². The lowest BCUT2D eigenvalue weighted by Gasteiger charge is -2.39. The third-order valence-corrected chi connectivity index (χ3v) is 7.82. The van der Waals surface area contributed by atoms with Crippen LogP contribution in [0.2, 0.25) is 0 Å². The van der Waals surface area contributed by atoms with Crippen LogP contribution in [0.25, 0.3) is 10.8 Å². The summed E-state index contributed by atoms with van der Waals surface area (Å²) < 4.78 is 29.2. The second kappa shape index (κ2) is 7.85. The lowest BCUT2D eigenvalue weighted by molar-refractivity contribution is -0.383. The van der Waals surface area contributed by atoms with Crippen molar-refractivity contribution in [2.75, 3.05) is 44.2 Å². The number of pyridine rings is 1. The molecule has 4 rings (SSSR count). The molecule has 0 amide bonds. The minimum absolute atomic E-state index is 0.0253. The Kier molecular flexibility index (Phi) is 5.41. The first kappa shape index (κ1) is 20.0. The maximum atomic E-state index is 13.0. The van der Waals surface area contributed by atoms with Gasteiger partial charge >= 0.3 is 0 Å². The van der Waals surface area contributed by atoms with E-state index < -0.39 is 15.1 Å². The Labute approximate surface area is 170 Å². The molecule has 0 unspecified atom stereocenters. The number of aromatic nitrogens is 1. The van der Waals surface area contributed by atoms with Crippen molar-refractivity contribution in [3.8, 4) is 0 Å². The fourth-order valence-corrected chi connectivity index (χ4v) is 6.03. The van der Waals surface area contributed by atoms with Gasteiger partial charge in [-0.2, -0.15) is 17.0 Å². The molecule has 2 saturated heterocycles. The number of nitrogens with zero attached hydrogens (tertiary/aromatic N) is 5. The van der Waals surface area contributed by atoms with Crippen molar-refractivity contribution in [2.24, 2.45) is 5.92 Å². The van der Waals surface area contributed by atoms with Crippen molar-refractivity contribution in [1.29, 1.82) is 0 Å². The Balaban J connectivity index is 1.53. The summed E-state index contributed by atoms with van der Waals surface area (Å²) in [6, 6.07) is 5.02. The van der Waals surface area contributed by atoms with E-state index >= 15 is 0 Å². The predicted molar refractivity (Wildman–Crippen MR) is 111 cm³/mol. The van der Waals surface area contributed by atoms with Crippen LogP contribution in [-0.4, -0.2) is 66.2 Å². The van der Waals surface area contributed by atoms with Crippen molar-refractivity contribution in [2.45, 2.75) is 19.8 Å². The molecule has 3 heterocycles. The van der Waals surface area contributed by atoms with Gasteiger partial charge in [-0.25, -0.2) is 0 Å². The van der Waals surface area contributed by atoms with Crippen LogP contribution in [-0.2, 0) is 10.2 Å². The van der Waals surface area contributed by atoms with Gasteiger partial charge in [0, 0.05) is 68.8 Å². The number of piperidine rings is 1. The molecule has 10 heteroatoms.